The fourth-order valence-electron chi connectivity index (χ4n) is 2.42. The smallest absolute Gasteiger partial charge is 0.157 e. The number of fused-ring (bicyclic) bond motifs is 1. The monoisotopic (exact) mass is 216 g/mol. The molecule has 3 rings (SSSR count). The highest BCUT2D eigenvalue weighted by Gasteiger charge is 2.16. The van der Waals surface area contributed by atoms with E-state index in [1.165, 1.54) is 25.7 Å². The van der Waals surface area contributed by atoms with Gasteiger partial charge in [0.1, 0.15) is 5.82 Å². The van der Waals surface area contributed by atoms with E-state index >= 15 is 0 Å². The Balaban J connectivity index is 1.97. The van der Waals surface area contributed by atoms with Crippen molar-refractivity contribution in [1.82, 2.24) is 14.6 Å². The first kappa shape index (κ1) is 9.63. The molecule has 4 nitrogen and oxygen atoms in total. The molecule has 0 unspecified atom stereocenters. The predicted octanol–water partition coefficient (Wildman–Crippen LogP) is 2.39. The second-order valence-corrected chi connectivity index (χ2v) is 4.51. The summed E-state index contributed by atoms with van der Waals surface area (Å²) in [6.07, 6.45) is 7.00. The van der Waals surface area contributed by atoms with Gasteiger partial charge in [0, 0.05) is 23.9 Å². The van der Waals surface area contributed by atoms with Crippen molar-refractivity contribution in [2.75, 3.05) is 5.32 Å². The summed E-state index contributed by atoms with van der Waals surface area (Å²) >= 11 is 0. The average molecular weight is 216 g/mol. The van der Waals surface area contributed by atoms with Gasteiger partial charge in [0.25, 0.3) is 0 Å². The van der Waals surface area contributed by atoms with Crippen molar-refractivity contribution >= 4 is 11.5 Å². The molecule has 2 aromatic heterocycles. The highest BCUT2D eigenvalue weighted by Crippen LogP contribution is 2.22. The normalized spacial score (nSPS) is 17.1. The summed E-state index contributed by atoms with van der Waals surface area (Å²) in [5, 5.41) is 7.86. The lowest BCUT2D eigenvalue weighted by molar-refractivity contribution is 0.739. The zero-order chi connectivity index (χ0) is 11.0. The van der Waals surface area contributed by atoms with Crippen LogP contribution < -0.4 is 5.32 Å². The molecule has 2 aromatic rings. The third-order valence-corrected chi connectivity index (χ3v) is 3.19. The van der Waals surface area contributed by atoms with Crippen LogP contribution in [0, 0.1) is 6.92 Å². The molecule has 0 aliphatic heterocycles. The van der Waals surface area contributed by atoms with Crippen LogP contribution in [-0.4, -0.2) is 20.6 Å². The summed E-state index contributed by atoms with van der Waals surface area (Å²) in [4.78, 5) is 4.43. The number of hydrogen-bond donors (Lipinski definition) is 1. The van der Waals surface area contributed by atoms with Crippen LogP contribution in [-0.2, 0) is 0 Å². The minimum absolute atomic E-state index is 0.606. The summed E-state index contributed by atoms with van der Waals surface area (Å²) in [7, 11) is 0. The Kier molecular flexibility index (Phi) is 2.27. The molecule has 0 saturated heterocycles. The summed E-state index contributed by atoms with van der Waals surface area (Å²) in [6, 6.07) is 4.61. The molecule has 16 heavy (non-hydrogen) atoms. The van der Waals surface area contributed by atoms with Crippen molar-refractivity contribution in [3.05, 3.63) is 24.0 Å². The Hall–Kier alpha value is -1.58. The second-order valence-electron chi connectivity index (χ2n) is 4.51. The number of aryl methyl sites for hydroxylation is 1. The number of anilines is 1. The van der Waals surface area contributed by atoms with Gasteiger partial charge in [0.2, 0.25) is 0 Å². The van der Waals surface area contributed by atoms with E-state index < -0.39 is 0 Å². The second kappa shape index (κ2) is 3.77. The number of hydrogen-bond acceptors (Lipinski definition) is 3. The molecule has 0 aromatic carbocycles. The van der Waals surface area contributed by atoms with E-state index in [9.17, 15) is 0 Å². The molecular formula is C12H16N4. The van der Waals surface area contributed by atoms with E-state index in [1.54, 1.807) is 6.20 Å². The molecule has 0 atom stereocenters. The first-order valence-corrected chi connectivity index (χ1v) is 5.91. The first-order valence-electron chi connectivity index (χ1n) is 5.91. The van der Waals surface area contributed by atoms with Gasteiger partial charge in [-0.25, -0.2) is 4.98 Å². The Labute approximate surface area is 94.7 Å². The van der Waals surface area contributed by atoms with Gasteiger partial charge >= 0.3 is 0 Å². The number of rotatable bonds is 2. The fraction of sp³-hybridized carbons (Fsp3) is 0.500. The predicted molar refractivity (Wildman–Crippen MR) is 63.6 cm³/mol. The van der Waals surface area contributed by atoms with Crippen LogP contribution >= 0.6 is 0 Å². The first-order chi connectivity index (χ1) is 7.83. The zero-order valence-electron chi connectivity index (χ0n) is 9.48. The molecule has 84 valence electrons. The van der Waals surface area contributed by atoms with Gasteiger partial charge in [0.15, 0.2) is 5.65 Å². The van der Waals surface area contributed by atoms with Crippen LogP contribution in [0.25, 0.3) is 5.65 Å². The van der Waals surface area contributed by atoms with E-state index in [0.29, 0.717) is 6.04 Å². The minimum atomic E-state index is 0.606. The molecule has 0 bridgehead atoms. The molecule has 0 amide bonds. The van der Waals surface area contributed by atoms with E-state index in [4.69, 9.17) is 0 Å². The molecule has 0 radical (unpaired) electrons. The molecule has 4 heteroatoms. The van der Waals surface area contributed by atoms with E-state index in [1.807, 2.05) is 17.5 Å². The van der Waals surface area contributed by atoms with Crippen molar-refractivity contribution in [1.29, 1.82) is 0 Å². The van der Waals surface area contributed by atoms with Gasteiger partial charge in [-0.15, -0.1) is 0 Å². The summed E-state index contributed by atoms with van der Waals surface area (Å²) < 4.78 is 1.88. The lowest BCUT2D eigenvalue weighted by Gasteiger charge is -2.14. The van der Waals surface area contributed by atoms with Crippen LogP contribution in [0.4, 0.5) is 5.82 Å². The largest absolute Gasteiger partial charge is 0.367 e. The van der Waals surface area contributed by atoms with Crippen molar-refractivity contribution in [3.63, 3.8) is 0 Å². The number of nitrogens with one attached hydrogen (secondary N) is 1. The summed E-state index contributed by atoms with van der Waals surface area (Å²) in [6.45, 7) is 2.02. The zero-order valence-corrected chi connectivity index (χ0v) is 9.48. The molecule has 1 N–H and O–H groups in total. The summed E-state index contributed by atoms with van der Waals surface area (Å²) in [5.41, 5.74) is 1.95. The van der Waals surface area contributed by atoms with Crippen LogP contribution in [0.5, 0.6) is 0 Å². The number of nitrogens with zero attached hydrogens (tertiary/aromatic N) is 3. The molecule has 1 aliphatic rings. The molecule has 1 saturated carbocycles. The standard InChI is InChI=1S/C12H16N4/c1-9-8-12(15-10-4-2-3-5-10)16-11(14-9)6-7-13-16/h6-8,10,15H,2-5H2,1H3. The van der Waals surface area contributed by atoms with Crippen LogP contribution in [0.1, 0.15) is 31.4 Å². The maximum absolute atomic E-state index is 4.43. The van der Waals surface area contributed by atoms with E-state index in [0.717, 1.165) is 17.2 Å². The van der Waals surface area contributed by atoms with E-state index in [2.05, 4.69) is 21.5 Å². The Morgan fingerprint density at radius 1 is 1.38 bits per heavy atom. The highest BCUT2D eigenvalue weighted by atomic mass is 15.3. The van der Waals surface area contributed by atoms with Crippen molar-refractivity contribution < 1.29 is 0 Å². The van der Waals surface area contributed by atoms with Gasteiger partial charge in [0.05, 0.1) is 6.20 Å². The van der Waals surface area contributed by atoms with Crippen LogP contribution in [0.3, 0.4) is 0 Å². The topological polar surface area (TPSA) is 42.2 Å². The lowest BCUT2D eigenvalue weighted by Crippen LogP contribution is -2.17. The molecular weight excluding hydrogens is 200 g/mol. The average Bonchev–Trinajstić information content (AvgIpc) is 2.87. The SMILES string of the molecule is Cc1cc(NC2CCCC2)n2nccc2n1. The molecule has 1 fully saturated rings. The minimum Gasteiger partial charge on any atom is -0.367 e. The van der Waals surface area contributed by atoms with Crippen molar-refractivity contribution in [2.45, 2.75) is 38.6 Å². The lowest BCUT2D eigenvalue weighted by atomic mass is 10.2. The molecule has 1 aliphatic carbocycles. The quantitative estimate of drug-likeness (QED) is 0.838. The Morgan fingerprint density at radius 3 is 3.00 bits per heavy atom. The van der Waals surface area contributed by atoms with E-state index in [-0.39, 0.29) is 0 Å². The summed E-state index contributed by atoms with van der Waals surface area (Å²) in [5.74, 6) is 1.07. The molecule has 0 spiro atoms. The van der Waals surface area contributed by atoms with Gasteiger partial charge in [-0.05, 0) is 19.8 Å². The van der Waals surface area contributed by atoms with Gasteiger partial charge in [-0.1, -0.05) is 12.8 Å². The van der Waals surface area contributed by atoms with Crippen molar-refractivity contribution in [3.8, 4) is 0 Å². The van der Waals surface area contributed by atoms with Crippen molar-refractivity contribution in [2.24, 2.45) is 0 Å². The maximum atomic E-state index is 4.43. The van der Waals surface area contributed by atoms with Gasteiger partial charge < -0.3 is 5.32 Å². The Bertz CT molecular complexity index is 497. The maximum Gasteiger partial charge on any atom is 0.157 e. The third-order valence-electron chi connectivity index (χ3n) is 3.19. The third kappa shape index (κ3) is 1.64. The number of aromatic nitrogens is 3. The van der Waals surface area contributed by atoms with Gasteiger partial charge in [-0.2, -0.15) is 9.61 Å². The Morgan fingerprint density at radius 2 is 2.19 bits per heavy atom. The molecule has 2 heterocycles. The van der Waals surface area contributed by atoms with Crippen LogP contribution in [0.2, 0.25) is 0 Å². The van der Waals surface area contributed by atoms with Crippen LogP contribution in [0.15, 0.2) is 18.3 Å². The van der Waals surface area contributed by atoms with Gasteiger partial charge in [-0.3, -0.25) is 0 Å². The highest BCUT2D eigenvalue weighted by molar-refractivity contribution is 5.49. The fourth-order valence-corrected chi connectivity index (χ4v) is 2.42.